The number of hydrogen-bond acceptors (Lipinski definition) is 5. The van der Waals surface area contributed by atoms with Crippen molar-refractivity contribution in [2.24, 2.45) is 0 Å². The number of carbonyl (C=O) groups is 1. The minimum absolute atomic E-state index is 0.125. The highest BCUT2D eigenvalue weighted by Crippen LogP contribution is 2.24. The molecule has 0 spiro atoms. The molecule has 110 valence electrons. The largest absolute Gasteiger partial charge is 0.372 e. The molecule has 0 radical (unpaired) electrons. The van der Waals surface area contributed by atoms with E-state index in [0.29, 0.717) is 17.2 Å². The first-order valence-electron chi connectivity index (χ1n) is 7.02. The van der Waals surface area contributed by atoms with E-state index in [9.17, 15) is 4.79 Å². The smallest absolute Gasteiger partial charge is 0.153 e. The van der Waals surface area contributed by atoms with E-state index >= 15 is 0 Å². The predicted molar refractivity (Wildman–Crippen MR) is 79.4 cm³/mol. The van der Waals surface area contributed by atoms with Gasteiger partial charge in [0.25, 0.3) is 0 Å². The van der Waals surface area contributed by atoms with Crippen molar-refractivity contribution in [3.05, 3.63) is 30.2 Å². The van der Waals surface area contributed by atoms with Gasteiger partial charge in [-0.05, 0) is 19.9 Å². The fourth-order valence-electron chi connectivity index (χ4n) is 2.73. The van der Waals surface area contributed by atoms with E-state index in [2.05, 4.69) is 19.9 Å². The minimum atomic E-state index is 0.125. The molecule has 3 rings (SSSR count). The van der Waals surface area contributed by atoms with Gasteiger partial charge in [0.05, 0.1) is 17.8 Å². The SMILES string of the molecule is C[C@@H]1CN(c2ncc(-c3ncc[nH]3)cc2C=O)C[C@H](C)O1. The second kappa shape index (κ2) is 5.65. The molecule has 0 bridgehead atoms. The number of aromatic amines is 1. The molecule has 6 heteroatoms. The van der Waals surface area contributed by atoms with Gasteiger partial charge in [-0.15, -0.1) is 0 Å². The third-order valence-corrected chi connectivity index (χ3v) is 3.51. The first-order chi connectivity index (χ1) is 10.2. The van der Waals surface area contributed by atoms with Crippen molar-refractivity contribution in [2.75, 3.05) is 18.0 Å². The average molecular weight is 286 g/mol. The number of aromatic nitrogens is 3. The van der Waals surface area contributed by atoms with Crippen LogP contribution in [0.2, 0.25) is 0 Å². The van der Waals surface area contributed by atoms with Crippen LogP contribution >= 0.6 is 0 Å². The number of imidazole rings is 1. The molecule has 1 aliphatic heterocycles. The second-order valence-electron chi connectivity index (χ2n) is 5.35. The molecule has 0 saturated carbocycles. The molecule has 0 aromatic carbocycles. The van der Waals surface area contributed by atoms with Crippen LogP contribution in [0.3, 0.4) is 0 Å². The molecular weight excluding hydrogens is 268 g/mol. The zero-order valence-corrected chi connectivity index (χ0v) is 12.1. The Bertz CT molecular complexity index is 617. The fourth-order valence-corrected chi connectivity index (χ4v) is 2.73. The van der Waals surface area contributed by atoms with Crippen molar-refractivity contribution in [2.45, 2.75) is 26.1 Å². The molecule has 0 amide bonds. The lowest BCUT2D eigenvalue weighted by molar-refractivity contribution is -0.00549. The lowest BCUT2D eigenvalue weighted by Crippen LogP contribution is -2.46. The normalized spacial score (nSPS) is 22.3. The number of H-pyrrole nitrogens is 1. The summed E-state index contributed by atoms with van der Waals surface area (Å²) in [7, 11) is 0. The van der Waals surface area contributed by atoms with Gasteiger partial charge in [-0.3, -0.25) is 4.79 Å². The van der Waals surface area contributed by atoms with Gasteiger partial charge >= 0.3 is 0 Å². The fraction of sp³-hybridized carbons (Fsp3) is 0.400. The lowest BCUT2D eigenvalue weighted by Gasteiger charge is -2.36. The monoisotopic (exact) mass is 286 g/mol. The van der Waals surface area contributed by atoms with Gasteiger partial charge in [0.1, 0.15) is 11.6 Å². The summed E-state index contributed by atoms with van der Waals surface area (Å²) in [5.74, 6) is 1.42. The molecule has 1 saturated heterocycles. The van der Waals surface area contributed by atoms with Crippen molar-refractivity contribution in [1.29, 1.82) is 0 Å². The summed E-state index contributed by atoms with van der Waals surface area (Å²) in [5.41, 5.74) is 1.38. The Kier molecular flexibility index (Phi) is 3.70. The zero-order chi connectivity index (χ0) is 14.8. The molecule has 2 aromatic rings. The lowest BCUT2D eigenvalue weighted by atomic mass is 10.1. The Hall–Kier alpha value is -2.21. The van der Waals surface area contributed by atoms with Crippen molar-refractivity contribution in [3.63, 3.8) is 0 Å². The van der Waals surface area contributed by atoms with Crippen LogP contribution in [0.4, 0.5) is 5.82 Å². The van der Waals surface area contributed by atoms with Crippen molar-refractivity contribution < 1.29 is 9.53 Å². The number of aldehydes is 1. The maximum absolute atomic E-state index is 11.4. The Balaban J connectivity index is 1.94. The Morgan fingerprint density at radius 1 is 1.33 bits per heavy atom. The number of carbonyl (C=O) groups excluding carboxylic acids is 1. The number of nitrogens with one attached hydrogen (secondary N) is 1. The van der Waals surface area contributed by atoms with E-state index in [1.54, 1.807) is 18.6 Å². The van der Waals surface area contributed by atoms with E-state index in [1.165, 1.54) is 0 Å². The van der Waals surface area contributed by atoms with Gasteiger partial charge in [0.15, 0.2) is 6.29 Å². The van der Waals surface area contributed by atoms with Crippen LogP contribution in [-0.2, 0) is 4.74 Å². The van der Waals surface area contributed by atoms with Gasteiger partial charge in [-0.1, -0.05) is 0 Å². The third-order valence-electron chi connectivity index (χ3n) is 3.51. The summed E-state index contributed by atoms with van der Waals surface area (Å²) in [6.45, 7) is 5.53. The maximum atomic E-state index is 11.4. The number of anilines is 1. The summed E-state index contributed by atoms with van der Waals surface area (Å²) < 4.78 is 5.72. The molecule has 1 N–H and O–H groups in total. The Morgan fingerprint density at radius 2 is 2.10 bits per heavy atom. The minimum Gasteiger partial charge on any atom is -0.372 e. The van der Waals surface area contributed by atoms with Gasteiger partial charge in [0, 0.05) is 37.2 Å². The van der Waals surface area contributed by atoms with Crippen LogP contribution < -0.4 is 4.90 Å². The van der Waals surface area contributed by atoms with E-state index < -0.39 is 0 Å². The molecule has 0 unspecified atom stereocenters. The summed E-state index contributed by atoms with van der Waals surface area (Å²) in [5, 5.41) is 0. The average Bonchev–Trinajstić information content (AvgIpc) is 2.99. The molecule has 2 aromatic heterocycles. The summed E-state index contributed by atoms with van der Waals surface area (Å²) in [4.78, 5) is 25.2. The zero-order valence-electron chi connectivity index (χ0n) is 12.1. The van der Waals surface area contributed by atoms with Crippen LogP contribution in [0.5, 0.6) is 0 Å². The highest BCUT2D eigenvalue weighted by molar-refractivity contribution is 5.85. The topological polar surface area (TPSA) is 71.1 Å². The molecule has 1 aliphatic rings. The molecule has 6 nitrogen and oxygen atoms in total. The van der Waals surface area contributed by atoms with Gasteiger partial charge in [-0.25, -0.2) is 9.97 Å². The van der Waals surface area contributed by atoms with E-state index in [1.807, 2.05) is 19.9 Å². The quantitative estimate of drug-likeness (QED) is 0.873. The molecule has 1 fully saturated rings. The van der Waals surface area contributed by atoms with Gasteiger partial charge < -0.3 is 14.6 Å². The van der Waals surface area contributed by atoms with Crippen LogP contribution in [0.1, 0.15) is 24.2 Å². The van der Waals surface area contributed by atoms with Gasteiger partial charge in [-0.2, -0.15) is 0 Å². The second-order valence-corrected chi connectivity index (χ2v) is 5.35. The highest BCUT2D eigenvalue weighted by atomic mass is 16.5. The number of rotatable bonds is 3. The van der Waals surface area contributed by atoms with Crippen LogP contribution in [0.15, 0.2) is 24.7 Å². The Morgan fingerprint density at radius 3 is 2.71 bits per heavy atom. The summed E-state index contributed by atoms with van der Waals surface area (Å²) >= 11 is 0. The number of ether oxygens (including phenoxy) is 1. The maximum Gasteiger partial charge on any atom is 0.153 e. The highest BCUT2D eigenvalue weighted by Gasteiger charge is 2.25. The number of hydrogen-bond donors (Lipinski definition) is 1. The summed E-state index contributed by atoms with van der Waals surface area (Å²) in [6, 6.07) is 1.82. The van der Waals surface area contributed by atoms with E-state index in [4.69, 9.17) is 4.74 Å². The molecule has 0 aliphatic carbocycles. The van der Waals surface area contributed by atoms with Gasteiger partial charge in [0.2, 0.25) is 0 Å². The first-order valence-corrected chi connectivity index (χ1v) is 7.02. The van der Waals surface area contributed by atoms with E-state index in [0.717, 1.165) is 24.9 Å². The molecule has 3 heterocycles. The Labute approximate surface area is 123 Å². The number of morpholine rings is 1. The third kappa shape index (κ3) is 2.80. The number of nitrogens with zero attached hydrogens (tertiary/aromatic N) is 3. The first kappa shape index (κ1) is 13.8. The standard InChI is InChI=1S/C15H18N4O2/c1-10-7-19(8-11(2)21-10)15-13(9-20)5-12(6-18-15)14-16-3-4-17-14/h3-6,9-11H,7-8H2,1-2H3,(H,16,17)/t10-,11+. The molecular formula is C15H18N4O2. The van der Waals surface area contributed by atoms with E-state index in [-0.39, 0.29) is 12.2 Å². The van der Waals surface area contributed by atoms with Crippen LogP contribution in [0.25, 0.3) is 11.4 Å². The van der Waals surface area contributed by atoms with Crippen molar-refractivity contribution in [3.8, 4) is 11.4 Å². The van der Waals surface area contributed by atoms with Crippen molar-refractivity contribution in [1.82, 2.24) is 15.0 Å². The summed E-state index contributed by atoms with van der Waals surface area (Å²) in [6.07, 6.45) is 6.26. The van der Waals surface area contributed by atoms with Crippen LogP contribution in [0, 0.1) is 0 Å². The predicted octanol–water partition coefficient (Wildman–Crippen LogP) is 1.90. The van der Waals surface area contributed by atoms with Crippen LogP contribution in [-0.4, -0.2) is 46.5 Å². The van der Waals surface area contributed by atoms with Crippen molar-refractivity contribution >= 4 is 12.1 Å². The molecule has 2 atom stereocenters. The molecule has 21 heavy (non-hydrogen) atoms. The number of pyridine rings is 1.